The van der Waals surface area contributed by atoms with Gasteiger partial charge < -0.3 is 10.4 Å². The SMILES string of the molecule is CCC(O)C(=O)NCC(F)(F)F. The molecule has 0 aromatic rings. The first-order chi connectivity index (χ1) is 5.37. The van der Waals surface area contributed by atoms with E-state index in [2.05, 4.69) is 0 Å². The molecule has 0 radical (unpaired) electrons. The number of nitrogens with one attached hydrogen (secondary N) is 1. The van der Waals surface area contributed by atoms with Crippen molar-refractivity contribution >= 4 is 5.91 Å². The first kappa shape index (κ1) is 11.2. The maximum atomic E-state index is 11.5. The summed E-state index contributed by atoms with van der Waals surface area (Å²) in [5, 5.41) is 10.3. The van der Waals surface area contributed by atoms with E-state index in [1.807, 2.05) is 0 Å². The predicted molar refractivity (Wildman–Crippen MR) is 35.4 cm³/mol. The van der Waals surface area contributed by atoms with Gasteiger partial charge in [0.2, 0.25) is 5.91 Å². The lowest BCUT2D eigenvalue weighted by Crippen LogP contribution is -2.39. The van der Waals surface area contributed by atoms with Gasteiger partial charge in [0.1, 0.15) is 12.6 Å². The Morgan fingerprint density at radius 3 is 2.42 bits per heavy atom. The lowest BCUT2D eigenvalue weighted by Gasteiger charge is -2.10. The number of aliphatic hydroxyl groups is 1. The molecule has 12 heavy (non-hydrogen) atoms. The Morgan fingerprint density at radius 1 is 1.58 bits per heavy atom. The monoisotopic (exact) mass is 185 g/mol. The zero-order valence-electron chi connectivity index (χ0n) is 6.48. The third-order valence-electron chi connectivity index (χ3n) is 1.15. The zero-order chi connectivity index (χ0) is 9.78. The topological polar surface area (TPSA) is 49.3 Å². The van der Waals surface area contributed by atoms with Gasteiger partial charge >= 0.3 is 6.18 Å². The van der Waals surface area contributed by atoms with Crippen LogP contribution in [0.3, 0.4) is 0 Å². The molecule has 0 fully saturated rings. The largest absolute Gasteiger partial charge is 0.405 e. The minimum Gasteiger partial charge on any atom is -0.383 e. The number of hydrogen-bond acceptors (Lipinski definition) is 2. The summed E-state index contributed by atoms with van der Waals surface area (Å²) in [4.78, 5) is 10.6. The van der Waals surface area contributed by atoms with E-state index in [1.54, 1.807) is 5.32 Å². The molecule has 1 atom stereocenters. The highest BCUT2D eigenvalue weighted by atomic mass is 19.4. The van der Waals surface area contributed by atoms with Crippen molar-refractivity contribution in [1.29, 1.82) is 0 Å². The van der Waals surface area contributed by atoms with Crippen molar-refractivity contribution in [3.63, 3.8) is 0 Å². The van der Waals surface area contributed by atoms with Crippen LogP contribution in [-0.4, -0.2) is 29.8 Å². The van der Waals surface area contributed by atoms with E-state index in [0.29, 0.717) is 0 Å². The van der Waals surface area contributed by atoms with E-state index in [1.165, 1.54) is 6.92 Å². The number of halogens is 3. The van der Waals surface area contributed by atoms with Crippen LogP contribution in [0.5, 0.6) is 0 Å². The summed E-state index contributed by atoms with van der Waals surface area (Å²) in [6.07, 6.45) is -5.68. The predicted octanol–water partition coefficient (Wildman–Crippen LogP) is 0.436. The van der Waals surface area contributed by atoms with Crippen LogP contribution in [0.15, 0.2) is 0 Å². The van der Waals surface area contributed by atoms with E-state index in [9.17, 15) is 18.0 Å². The summed E-state index contributed by atoms with van der Waals surface area (Å²) in [6, 6.07) is 0. The van der Waals surface area contributed by atoms with Crippen LogP contribution in [0, 0.1) is 0 Å². The Bertz CT molecular complexity index is 157. The van der Waals surface area contributed by atoms with Gasteiger partial charge in [0, 0.05) is 0 Å². The van der Waals surface area contributed by atoms with E-state index in [-0.39, 0.29) is 6.42 Å². The van der Waals surface area contributed by atoms with Crippen LogP contribution in [0.1, 0.15) is 13.3 Å². The van der Waals surface area contributed by atoms with Gasteiger partial charge in [-0.15, -0.1) is 0 Å². The molecule has 0 aromatic heterocycles. The molecule has 0 saturated carbocycles. The van der Waals surface area contributed by atoms with E-state index >= 15 is 0 Å². The Morgan fingerprint density at radius 2 is 2.08 bits per heavy atom. The van der Waals surface area contributed by atoms with Crippen LogP contribution in [0.25, 0.3) is 0 Å². The maximum Gasteiger partial charge on any atom is 0.405 e. The molecule has 0 heterocycles. The molecule has 0 rings (SSSR count). The molecule has 0 aliphatic carbocycles. The molecule has 72 valence electrons. The van der Waals surface area contributed by atoms with Crippen LogP contribution in [0.2, 0.25) is 0 Å². The van der Waals surface area contributed by atoms with Gasteiger partial charge in [0.15, 0.2) is 0 Å². The number of carbonyl (C=O) groups excluding carboxylic acids is 1. The van der Waals surface area contributed by atoms with Gasteiger partial charge in [-0.05, 0) is 6.42 Å². The van der Waals surface area contributed by atoms with Gasteiger partial charge in [-0.25, -0.2) is 0 Å². The molecule has 3 nitrogen and oxygen atoms in total. The second-order valence-electron chi connectivity index (χ2n) is 2.26. The second-order valence-corrected chi connectivity index (χ2v) is 2.26. The average Bonchev–Trinajstić information content (AvgIpc) is 1.97. The van der Waals surface area contributed by atoms with Crippen molar-refractivity contribution in [2.24, 2.45) is 0 Å². The van der Waals surface area contributed by atoms with Gasteiger partial charge in [-0.1, -0.05) is 6.92 Å². The fourth-order valence-electron chi connectivity index (χ4n) is 0.491. The van der Waals surface area contributed by atoms with Gasteiger partial charge in [-0.3, -0.25) is 4.79 Å². The van der Waals surface area contributed by atoms with Gasteiger partial charge in [0.05, 0.1) is 0 Å². The van der Waals surface area contributed by atoms with Crippen molar-refractivity contribution in [1.82, 2.24) is 5.32 Å². The molecule has 0 spiro atoms. The Kier molecular flexibility index (Phi) is 4.02. The molecule has 2 N–H and O–H groups in total. The molecular weight excluding hydrogens is 175 g/mol. The maximum absolute atomic E-state index is 11.5. The lowest BCUT2D eigenvalue weighted by atomic mass is 10.2. The highest BCUT2D eigenvalue weighted by Gasteiger charge is 2.28. The van der Waals surface area contributed by atoms with Crippen LogP contribution in [0.4, 0.5) is 13.2 Å². The molecular formula is C6H10F3NO2. The zero-order valence-corrected chi connectivity index (χ0v) is 6.48. The Hall–Kier alpha value is -0.780. The van der Waals surface area contributed by atoms with Gasteiger partial charge in [-0.2, -0.15) is 13.2 Å². The Balaban J connectivity index is 3.72. The molecule has 0 aromatic carbocycles. The minimum absolute atomic E-state index is 0.101. The van der Waals surface area contributed by atoms with E-state index < -0.39 is 24.7 Å². The minimum atomic E-state index is -4.43. The normalized spacial score (nSPS) is 14.1. The highest BCUT2D eigenvalue weighted by molar-refractivity contribution is 5.80. The number of amides is 1. The standard InChI is InChI=1S/C6H10F3NO2/c1-2-4(11)5(12)10-3-6(7,8)9/h4,11H,2-3H2,1H3,(H,10,12). The Labute approximate surface area is 67.6 Å². The third kappa shape index (κ3) is 4.95. The van der Waals surface area contributed by atoms with Crippen molar-refractivity contribution in [2.75, 3.05) is 6.54 Å². The van der Waals surface area contributed by atoms with Crippen LogP contribution < -0.4 is 5.32 Å². The highest BCUT2D eigenvalue weighted by Crippen LogP contribution is 2.12. The summed E-state index contributed by atoms with van der Waals surface area (Å²) in [5.41, 5.74) is 0. The average molecular weight is 185 g/mol. The summed E-state index contributed by atoms with van der Waals surface area (Å²) in [7, 11) is 0. The van der Waals surface area contributed by atoms with Crippen LogP contribution in [-0.2, 0) is 4.79 Å². The first-order valence-electron chi connectivity index (χ1n) is 3.39. The molecule has 0 aliphatic rings. The van der Waals surface area contributed by atoms with E-state index in [4.69, 9.17) is 5.11 Å². The smallest absolute Gasteiger partial charge is 0.383 e. The molecule has 1 unspecified atom stereocenters. The molecule has 0 aliphatic heterocycles. The van der Waals surface area contributed by atoms with E-state index in [0.717, 1.165) is 0 Å². The molecule has 1 amide bonds. The summed E-state index contributed by atoms with van der Waals surface area (Å²) in [6.45, 7) is 0.0979. The van der Waals surface area contributed by atoms with Crippen molar-refractivity contribution in [3.05, 3.63) is 0 Å². The first-order valence-corrected chi connectivity index (χ1v) is 3.39. The fraction of sp³-hybridized carbons (Fsp3) is 0.833. The number of alkyl halides is 3. The number of aliphatic hydroxyl groups excluding tert-OH is 1. The fourth-order valence-corrected chi connectivity index (χ4v) is 0.491. The van der Waals surface area contributed by atoms with Crippen molar-refractivity contribution in [3.8, 4) is 0 Å². The number of carbonyl (C=O) groups is 1. The molecule has 6 heteroatoms. The van der Waals surface area contributed by atoms with Crippen molar-refractivity contribution in [2.45, 2.75) is 25.6 Å². The summed E-state index contributed by atoms with van der Waals surface area (Å²) >= 11 is 0. The number of rotatable bonds is 3. The van der Waals surface area contributed by atoms with Crippen molar-refractivity contribution < 1.29 is 23.1 Å². The quantitative estimate of drug-likeness (QED) is 0.670. The van der Waals surface area contributed by atoms with Gasteiger partial charge in [0.25, 0.3) is 0 Å². The number of hydrogen-bond donors (Lipinski definition) is 2. The third-order valence-corrected chi connectivity index (χ3v) is 1.15. The summed E-state index contributed by atoms with van der Waals surface area (Å²) in [5.74, 6) is -0.991. The summed E-state index contributed by atoms with van der Waals surface area (Å²) < 4.78 is 34.5. The van der Waals surface area contributed by atoms with Crippen LogP contribution >= 0.6 is 0 Å². The molecule has 0 saturated heterocycles. The lowest BCUT2D eigenvalue weighted by molar-refractivity contribution is -0.143. The second kappa shape index (κ2) is 4.30. The molecule has 0 bridgehead atoms.